The van der Waals surface area contributed by atoms with Gasteiger partial charge < -0.3 is 0 Å². The minimum atomic E-state index is -1.21. The molecule has 1 rings (SSSR count). The lowest BCUT2D eigenvalue weighted by Crippen LogP contribution is -2.38. The van der Waals surface area contributed by atoms with Gasteiger partial charge in [-0.1, -0.05) is 75.3 Å². The average molecular weight is 232 g/mol. The Bertz CT molecular complexity index is 303. The van der Waals surface area contributed by atoms with Gasteiger partial charge in [-0.25, -0.2) is 0 Å². The van der Waals surface area contributed by atoms with E-state index in [0.29, 0.717) is 5.54 Å². The van der Waals surface area contributed by atoms with Gasteiger partial charge in [-0.3, -0.25) is 0 Å². The van der Waals surface area contributed by atoms with Gasteiger partial charge in [-0.2, -0.15) is 0 Å². The Hall–Kier alpha value is -0.823. The highest BCUT2D eigenvalue weighted by Crippen LogP contribution is 2.36. The smallest absolute Gasteiger partial charge is 0.0648 e. The fourth-order valence-electron chi connectivity index (χ4n) is 2.81. The monoisotopic (exact) mass is 232 g/mol. The molecule has 1 aromatic carbocycles. The molecule has 0 unspecified atom stereocenters. The van der Waals surface area contributed by atoms with Crippen molar-refractivity contribution in [3.8, 4) is 0 Å². The van der Waals surface area contributed by atoms with Crippen molar-refractivity contribution in [2.75, 3.05) is 0 Å². The molecule has 0 nitrogen and oxygen atoms in total. The van der Waals surface area contributed by atoms with Crippen LogP contribution in [0.4, 0.5) is 0 Å². The van der Waals surface area contributed by atoms with Crippen LogP contribution in [0, 0.1) is 0 Å². The van der Waals surface area contributed by atoms with Crippen LogP contribution in [0.25, 0.3) is 0 Å². The zero-order chi connectivity index (χ0) is 12.0. The summed E-state index contributed by atoms with van der Waals surface area (Å²) in [5, 5.41) is 0. The summed E-state index contributed by atoms with van der Waals surface area (Å²) < 4.78 is 0. The molecule has 1 atom stereocenters. The summed E-state index contributed by atoms with van der Waals surface area (Å²) >= 11 is 0. The summed E-state index contributed by atoms with van der Waals surface area (Å²) in [5.41, 5.74) is 2.09. The van der Waals surface area contributed by atoms with Crippen LogP contribution in [0.2, 0.25) is 18.1 Å². The van der Waals surface area contributed by atoms with E-state index in [1.807, 2.05) is 0 Å². The van der Waals surface area contributed by atoms with Crippen LogP contribution >= 0.6 is 0 Å². The molecule has 0 N–H and O–H groups in total. The van der Waals surface area contributed by atoms with E-state index in [-0.39, 0.29) is 0 Å². The molecule has 16 heavy (non-hydrogen) atoms. The summed E-state index contributed by atoms with van der Waals surface area (Å²) in [6.07, 6.45) is 2.19. The van der Waals surface area contributed by atoms with Crippen LogP contribution in [0.3, 0.4) is 0 Å². The second-order valence-corrected chi connectivity index (χ2v) is 10.0. The van der Waals surface area contributed by atoms with Crippen molar-refractivity contribution in [3.05, 3.63) is 48.6 Å². The van der Waals surface area contributed by atoms with Crippen LogP contribution < -0.4 is 0 Å². The maximum absolute atomic E-state index is 4.08. The maximum Gasteiger partial charge on any atom is 0.0648 e. The van der Waals surface area contributed by atoms with E-state index < -0.39 is 8.07 Å². The molecule has 0 amide bonds. The third-order valence-corrected chi connectivity index (χ3v) is 10.3. The molecule has 0 saturated heterocycles. The Labute approximate surface area is 101 Å². The molecule has 0 aliphatic carbocycles. The van der Waals surface area contributed by atoms with E-state index in [2.05, 4.69) is 63.8 Å². The minimum absolute atomic E-state index is 0.619. The lowest BCUT2D eigenvalue weighted by Gasteiger charge is -2.35. The van der Waals surface area contributed by atoms with Crippen molar-refractivity contribution >= 4 is 8.07 Å². The molecule has 0 radical (unpaired) electrons. The lowest BCUT2D eigenvalue weighted by atomic mass is 10.1. The topological polar surface area (TPSA) is 0 Å². The molecule has 0 saturated carbocycles. The lowest BCUT2D eigenvalue weighted by molar-refractivity contribution is 1.02. The molecule has 1 aromatic rings. The molecular formula is C15H24Si. The zero-order valence-electron chi connectivity index (χ0n) is 10.9. The first kappa shape index (κ1) is 13.2. The van der Waals surface area contributed by atoms with Crippen LogP contribution in [0.1, 0.15) is 31.9 Å². The van der Waals surface area contributed by atoms with Gasteiger partial charge in [-0.05, 0) is 11.1 Å². The molecule has 0 aliphatic heterocycles. The van der Waals surface area contributed by atoms with Crippen molar-refractivity contribution in [2.45, 2.75) is 44.4 Å². The Morgan fingerprint density at radius 1 is 1.06 bits per heavy atom. The largest absolute Gasteiger partial charge is 0.103 e. The predicted octanol–water partition coefficient (Wildman–Crippen LogP) is 5.00. The normalized spacial score (nSPS) is 13.4. The second-order valence-electron chi connectivity index (χ2n) is 4.55. The minimum Gasteiger partial charge on any atom is -0.103 e. The second kappa shape index (κ2) is 6.05. The molecule has 0 fully saturated rings. The first-order chi connectivity index (χ1) is 7.74. The summed E-state index contributed by atoms with van der Waals surface area (Å²) in [5.74, 6) is 0. The van der Waals surface area contributed by atoms with Gasteiger partial charge in [0.05, 0.1) is 8.07 Å². The summed E-state index contributed by atoms with van der Waals surface area (Å²) in [6.45, 7) is 11.2. The Balaban J connectivity index is 3.10. The highest BCUT2D eigenvalue weighted by Gasteiger charge is 2.35. The fraction of sp³-hybridized carbons (Fsp3) is 0.467. The number of hydrogen-bond acceptors (Lipinski definition) is 0. The Morgan fingerprint density at radius 3 is 1.94 bits per heavy atom. The van der Waals surface area contributed by atoms with Gasteiger partial charge in [-0.15, -0.1) is 6.58 Å². The molecular weight excluding hydrogens is 208 g/mol. The average Bonchev–Trinajstić information content (AvgIpc) is 2.37. The van der Waals surface area contributed by atoms with Crippen LogP contribution in [0.5, 0.6) is 0 Å². The van der Waals surface area contributed by atoms with Crippen molar-refractivity contribution in [3.63, 3.8) is 0 Å². The molecule has 0 bridgehead atoms. The maximum atomic E-state index is 4.08. The summed E-state index contributed by atoms with van der Waals surface area (Å²) in [7, 11) is -1.21. The molecule has 0 aliphatic rings. The molecule has 88 valence electrons. The standard InChI is InChI=1S/C15H24Si/c1-5-15(14-12-10-9-11-13-14)16(6-2,7-3)8-4/h5,9-13,15H,1,6-8H2,2-4H3/t15-/m0/s1. The Kier molecular flexibility index (Phi) is 5.00. The van der Waals surface area contributed by atoms with Crippen molar-refractivity contribution in [2.24, 2.45) is 0 Å². The summed E-state index contributed by atoms with van der Waals surface area (Å²) in [6, 6.07) is 15.0. The number of allylic oxidation sites excluding steroid dienone is 1. The van der Waals surface area contributed by atoms with Gasteiger partial charge in [0.25, 0.3) is 0 Å². The van der Waals surface area contributed by atoms with Gasteiger partial charge in [0.1, 0.15) is 0 Å². The van der Waals surface area contributed by atoms with Crippen LogP contribution in [-0.2, 0) is 0 Å². The third-order valence-electron chi connectivity index (χ3n) is 4.17. The number of benzene rings is 1. The van der Waals surface area contributed by atoms with E-state index in [1.165, 1.54) is 23.7 Å². The van der Waals surface area contributed by atoms with E-state index in [4.69, 9.17) is 0 Å². The van der Waals surface area contributed by atoms with E-state index in [1.54, 1.807) is 0 Å². The molecule has 0 spiro atoms. The molecule has 1 heteroatoms. The third kappa shape index (κ3) is 2.46. The molecule has 0 heterocycles. The molecule has 0 aromatic heterocycles. The quantitative estimate of drug-likeness (QED) is 0.478. The van der Waals surface area contributed by atoms with E-state index in [9.17, 15) is 0 Å². The first-order valence-corrected chi connectivity index (χ1v) is 9.11. The van der Waals surface area contributed by atoms with Gasteiger partial charge in [0.2, 0.25) is 0 Å². The number of hydrogen-bond donors (Lipinski definition) is 0. The van der Waals surface area contributed by atoms with Crippen LogP contribution in [-0.4, -0.2) is 8.07 Å². The highest BCUT2D eigenvalue weighted by molar-refractivity contribution is 6.81. The van der Waals surface area contributed by atoms with Crippen molar-refractivity contribution in [1.82, 2.24) is 0 Å². The first-order valence-electron chi connectivity index (χ1n) is 6.41. The predicted molar refractivity (Wildman–Crippen MR) is 76.6 cm³/mol. The Morgan fingerprint density at radius 2 is 1.56 bits per heavy atom. The van der Waals surface area contributed by atoms with Gasteiger partial charge >= 0.3 is 0 Å². The SMILES string of the molecule is C=C[C@@H](c1ccccc1)[Si](CC)(CC)CC. The fourth-order valence-corrected chi connectivity index (χ4v) is 7.03. The zero-order valence-corrected chi connectivity index (χ0v) is 11.9. The van der Waals surface area contributed by atoms with Crippen LogP contribution in [0.15, 0.2) is 43.0 Å². The van der Waals surface area contributed by atoms with Crippen molar-refractivity contribution in [1.29, 1.82) is 0 Å². The number of rotatable bonds is 6. The highest BCUT2D eigenvalue weighted by atomic mass is 28.3. The van der Waals surface area contributed by atoms with E-state index in [0.717, 1.165) is 0 Å². The van der Waals surface area contributed by atoms with Crippen molar-refractivity contribution < 1.29 is 0 Å². The van der Waals surface area contributed by atoms with E-state index >= 15 is 0 Å². The van der Waals surface area contributed by atoms with Gasteiger partial charge in [0.15, 0.2) is 0 Å². The van der Waals surface area contributed by atoms with Gasteiger partial charge in [0, 0.05) is 0 Å². The summed E-state index contributed by atoms with van der Waals surface area (Å²) in [4.78, 5) is 0.